The van der Waals surface area contributed by atoms with Gasteiger partial charge in [-0.05, 0) is 36.2 Å². The minimum atomic E-state index is -0.297. The highest BCUT2D eigenvalue weighted by atomic mass is 35.5. The molecule has 0 saturated carbocycles. The van der Waals surface area contributed by atoms with E-state index in [4.69, 9.17) is 23.2 Å². The number of nitrogens with zero attached hydrogens (tertiary/aromatic N) is 2. The molecule has 0 atom stereocenters. The highest BCUT2D eigenvalue weighted by molar-refractivity contribution is 6.32. The molecule has 3 rings (SSSR count). The molecule has 0 fully saturated rings. The zero-order chi connectivity index (χ0) is 15.0. The normalized spacial score (nSPS) is 14.2. The number of hydrogen-bond acceptors (Lipinski definition) is 2. The van der Waals surface area contributed by atoms with Gasteiger partial charge in [-0.1, -0.05) is 29.3 Å². The summed E-state index contributed by atoms with van der Waals surface area (Å²) in [5.41, 5.74) is 2.25. The minimum Gasteiger partial charge on any atom is -0.308 e. The molecule has 0 N–H and O–H groups in total. The van der Waals surface area contributed by atoms with Gasteiger partial charge in [-0.15, -0.1) is 0 Å². The number of benzene rings is 1. The number of pyridine rings is 1. The molecule has 0 bridgehead atoms. The number of anilines is 1. The van der Waals surface area contributed by atoms with Crippen LogP contribution in [0.1, 0.15) is 17.5 Å². The molecule has 21 heavy (non-hydrogen) atoms. The highest BCUT2D eigenvalue weighted by Crippen LogP contribution is 2.31. The number of aryl methyl sites for hydroxylation is 1. The van der Waals surface area contributed by atoms with Gasteiger partial charge in [-0.25, -0.2) is 9.37 Å². The van der Waals surface area contributed by atoms with Crippen molar-refractivity contribution in [2.75, 3.05) is 4.90 Å². The lowest BCUT2D eigenvalue weighted by Gasteiger charge is -2.29. The standard InChI is InChI=1S/C15H11Cl2FN2O/c16-13-5-1-10(15(17)19-13)8-20-12-4-3-11(18)7-9(12)2-6-14(20)21/h1,3-5,7H,2,6,8H2. The van der Waals surface area contributed by atoms with E-state index in [2.05, 4.69) is 4.98 Å². The van der Waals surface area contributed by atoms with Crippen LogP contribution in [0.2, 0.25) is 10.3 Å². The Morgan fingerprint density at radius 3 is 2.76 bits per heavy atom. The molecule has 2 heterocycles. The van der Waals surface area contributed by atoms with Crippen LogP contribution in [-0.4, -0.2) is 10.9 Å². The zero-order valence-electron chi connectivity index (χ0n) is 10.9. The summed E-state index contributed by atoms with van der Waals surface area (Å²) in [6, 6.07) is 7.81. The number of rotatable bonds is 2. The summed E-state index contributed by atoms with van der Waals surface area (Å²) in [5.74, 6) is -0.311. The summed E-state index contributed by atoms with van der Waals surface area (Å²) < 4.78 is 13.3. The first-order valence-corrected chi connectivity index (χ1v) is 7.20. The Morgan fingerprint density at radius 1 is 1.19 bits per heavy atom. The van der Waals surface area contributed by atoms with Crippen molar-refractivity contribution in [1.82, 2.24) is 4.98 Å². The van der Waals surface area contributed by atoms with E-state index >= 15 is 0 Å². The Hall–Kier alpha value is -1.65. The van der Waals surface area contributed by atoms with Gasteiger partial charge in [0.2, 0.25) is 5.91 Å². The van der Waals surface area contributed by atoms with Crippen molar-refractivity contribution < 1.29 is 9.18 Å². The third-order valence-electron chi connectivity index (χ3n) is 3.46. The molecule has 108 valence electrons. The zero-order valence-corrected chi connectivity index (χ0v) is 12.5. The van der Waals surface area contributed by atoms with Gasteiger partial charge in [0.1, 0.15) is 16.1 Å². The second kappa shape index (κ2) is 5.62. The maximum absolute atomic E-state index is 13.3. The van der Waals surface area contributed by atoms with E-state index in [1.54, 1.807) is 23.1 Å². The van der Waals surface area contributed by atoms with Crippen LogP contribution >= 0.6 is 23.2 Å². The fraction of sp³-hybridized carbons (Fsp3) is 0.200. The Labute approximate surface area is 131 Å². The lowest BCUT2D eigenvalue weighted by atomic mass is 10.0. The Morgan fingerprint density at radius 2 is 2.00 bits per heavy atom. The summed E-state index contributed by atoms with van der Waals surface area (Å²) in [4.78, 5) is 17.7. The Balaban J connectivity index is 1.96. The van der Waals surface area contributed by atoms with Gasteiger partial charge in [0.05, 0.1) is 6.54 Å². The molecular weight excluding hydrogens is 314 g/mol. The van der Waals surface area contributed by atoms with Crippen molar-refractivity contribution in [3.8, 4) is 0 Å². The first kappa shape index (κ1) is 14.3. The topological polar surface area (TPSA) is 33.2 Å². The maximum Gasteiger partial charge on any atom is 0.227 e. The van der Waals surface area contributed by atoms with E-state index in [0.29, 0.717) is 30.1 Å². The summed E-state index contributed by atoms with van der Waals surface area (Å²) in [6.07, 6.45) is 0.907. The van der Waals surface area contributed by atoms with Gasteiger partial charge < -0.3 is 4.90 Å². The molecule has 1 aliphatic rings. The Bertz CT molecular complexity index is 721. The van der Waals surface area contributed by atoms with Gasteiger partial charge in [-0.3, -0.25) is 4.79 Å². The fourth-order valence-corrected chi connectivity index (χ4v) is 2.84. The number of halogens is 3. The monoisotopic (exact) mass is 324 g/mol. The molecule has 0 spiro atoms. The predicted octanol–water partition coefficient (Wildman–Crippen LogP) is 4.01. The molecule has 1 aliphatic heterocycles. The van der Waals surface area contributed by atoms with Gasteiger partial charge in [-0.2, -0.15) is 0 Å². The molecule has 1 aromatic heterocycles. The minimum absolute atomic E-state index is 0.0138. The molecule has 0 aliphatic carbocycles. The summed E-state index contributed by atoms with van der Waals surface area (Å²) >= 11 is 11.8. The smallest absolute Gasteiger partial charge is 0.227 e. The van der Waals surface area contributed by atoms with Crippen molar-refractivity contribution in [3.05, 3.63) is 57.6 Å². The second-order valence-electron chi connectivity index (χ2n) is 4.84. The molecule has 2 aromatic rings. The van der Waals surface area contributed by atoms with Crippen LogP contribution < -0.4 is 4.90 Å². The van der Waals surface area contributed by atoms with E-state index in [1.165, 1.54) is 12.1 Å². The number of hydrogen-bond donors (Lipinski definition) is 0. The first-order valence-electron chi connectivity index (χ1n) is 6.44. The van der Waals surface area contributed by atoms with Crippen molar-refractivity contribution in [2.45, 2.75) is 19.4 Å². The van der Waals surface area contributed by atoms with Gasteiger partial charge >= 0.3 is 0 Å². The highest BCUT2D eigenvalue weighted by Gasteiger charge is 2.25. The third-order valence-corrected chi connectivity index (χ3v) is 4.00. The third kappa shape index (κ3) is 2.87. The van der Waals surface area contributed by atoms with Gasteiger partial charge in [0.25, 0.3) is 0 Å². The lowest BCUT2D eigenvalue weighted by Crippen LogP contribution is -2.34. The summed E-state index contributed by atoms with van der Waals surface area (Å²) in [6.45, 7) is 0.292. The molecule has 0 saturated heterocycles. The second-order valence-corrected chi connectivity index (χ2v) is 5.58. The average Bonchev–Trinajstić information content (AvgIpc) is 2.44. The van der Waals surface area contributed by atoms with Crippen LogP contribution in [0.15, 0.2) is 30.3 Å². The molecule has 1 aromatic carbocycles. The number of carbonyl (C=O) groups excluding carboxylic acids is 1. The number of carbonyl (C=O) groups is 1. The van der Waals surface area contributed by atoms with Gasteiger partial charge in [0, 0.05) is 17.7 Å². The lowest BCUT2D eigenvalue weighted by molar-refractivity contribution is -0.119. The molecule has 3 nitrogen and oxygen atoms in total. The Kier molecular flexibility index (Phi) is 3.83. The maximum atomic E-state index is 13.3. The SMILES string of the molecule is O=C1CCc2cc(F)ccc2N1Cc1ccc(Cl)nc1Cl. The molecule has 0 unspecified atom stereocenters. The van der Waals surface area contributed by atoms with E-state index in [9.17, 15) is 9.18 Å². The van der Waals surface area contributed by atoms with E-state index < -0.39 is 0 Å². The van der Waals surface area contributed by atoms with Crippen LogP contribution in [0.3, 0.4) is 0 Å². The van der Waals surface area contributed by atoms with E-state index in [0.717, 1.165) is 11.3 Å². The number of fused-ring (bicyclic) bond motifs is 1. The molecule has 6 heteroatoms. The number of aromatic nitrogens is 1. The van der Waals surface area contributed by atoms with Gasteiger partial charge in [0.15, 0.2) is 0 Å². The first-order chi connectivity index (χ1) is 10.0. The van der Waals surface area contributed by atoms with E-state index in [-0.39, 0.29) is 16.9 Å². The van der Waals surface area contributed by atoms with Crippen molar-refractivity contribution in [1.29, 1.82) is 0 Å². The molecular formula is C15H11Cl2FN2O. The predicted molar refractivity (Wildman–Crippen MR) is 80.2 cm³/mol. The van der Waals surface area contributed by atoms with Crippen molar-refractivity contribution >= 4 is 34.8 Å². The summed E-state index contributed by atoms with van der Waals surface area (Å²) in [7, 11) is 0. The van der Waals surface area contributed by atoms with E-state index in [1.807, 2.05) is 0 Å². The number of amides is 1. The van der Waals surface area contributed by atoms with Crippen LogP contribution in [0.5, 0.6) is 0 Å². The molecule has 1 amide bonds. The van der Waals surface area contributed by atoms with Crippen LogP contribution in [-0.2, 0) is 17.8 Å². The fourth-order valence-electron chi connectivity index (χ4n) is 2.43. The van der Waals surface area contributed by atoms with Crippen molar-refractivity contribution in [2.24, 2.45) is 0 Å². The van der Waals surface area contributed by atoms with Crippen molar-refractivity contribution in [3.63, 3.8) is 0 Å². The van der Waals surface area contributed by atoms with Crippen LogP contribution in [0.4, 0.5) is 10.1 Å². The van der Waals surface area contributed by atoms with Crippen LogP contribution in [0, 0.1) is 5.82 Å². The quantitative estimate of drug-likeness (QED) is 0.782. The summed E-state index contributed by atoms with van der Waals surface area (Å²) in [5, 5.41) is 0.570. The average molecular weight is 325 g/mol. The molecule has 0 radical (unpaired) electrons. The largest absolute Gasteiger partial charge is 0.308 e. The van der Waals surface area contributed by atoms with Crippen LogP contribution in [0.25, 0.3) is 0 Å².